The average Bonchev–Trinajstić information content (AvgIpc) is 3.08. The molecule has 3 aromatic rings. The van der Waals surface area contributed by atoms with E-state index in [1.807, 2.05) is 23.7 Å². The summed E-state index contributed by atoms with van der Waals surface area (Å²) in [6.07, 6.45) is 2.25. The Morgan fingerprint density at radius 3 is 2.58 bits per heavy atom. The zero-order valence-electron chi connectivity index (χ0n) is 19.5. The lowest BCUT2D eigenvalue weighted by Gasteiger charge is -2.21. The van der Waals surface area contributed by atoms with Gasteiger partial charge in [0.15, 0.2) is 0 Å². The molecule has 0 amide bonds. The highest BCUT2D eigenvalue weighted by molar-refractivity contribution is 7.92. The summed E-state index contributed by atoms with van der Waals surface area (Å²) in [5, 5.41) is 14.3. The first-order valence-corrected chi connectivity index (χ1v) is 12.1. The number of carboxylic acids is 1. The van der Waals surface area contributed by atoms with Crippen LogP contribution in [0.25, 0.3) is 0 Å². The standard InChI is InChI=1S/C23H29N5O4S/c1-6-9-28-19(11-17(4)25-28)14-27(5)22-20(23(29)30)12-18(13-24-22)26-33(31,32)21-10-15(2)7-8-16(21)3/h7-8,10-13,26H,6,9,14H2,1-5H3,(H,29,30). The lowest BCUT2D eigenvalue weighted by atomic mass is 10.2. The molecule has 0 aliphatic heterocycles. The van der Waals surface area contributed by atoms with Crippen molar-refractivity contribution in [1.29, 1.82) is 0 Å². The highest BCUT2D eigenvalue weighted by Crippen LogP contribution is 2.25. The molecule has 0 saturated heterocycles. The molecule has 9 nitrogen and oxygen atoms in total. The fourth-order valence-corrected chi connectivity index (χ4v) is 5.00. The van der Waals surface area contributed by atoms with Crippen LogP contribution in [-0.2, 0) is 23.1 Å². The second-order valence-corrected chi connectivity index (χ2v) is 9.78. The lowest BCUT2D eigenvalue weighted by Crippen LogP contribution is -2.23. The maximum atomic E-state index is 12.9. The summed E-state index contributed by atoms with van der Waals surface area (Å²) >= 11 is 0. The zero-order valence-corrected chi connectivity index (χ0v) is 20.3. The van der Waals surface area contributed by atoms with Crippen LogP contribution in [0.1, 0.15) is 46.2 Å². The van der Waals surface area contributed by atoms with Gasteiger partial charge in [0.1, 0.15) is 11.4 Å². The number of aryl methyl sites for hydroxylation is 4. The van der Waals surface area contributed by atoms with Crippen molar-refractivity contribution in [2.45, 2.75) is 52.1 Å². The van der Waals surface area contributed by atoms with Crippen LogP contribution in [0.4, 0.5) is 11.5 Å². The van der Waals surface area contributed by atoms with Crippen molar-refractivity contribution in [3.05, 3.63) is 64.6 Å². The second kappa shape index (κ2) is 9.62. The molecule has 0 bridgehead atoms. The van der Waals surface area contributed by atoms with Crippen LogP contribution < -0.4 is 9.62 Å². The first kappa shape index (κ1) is 24.2. The normalized spacial score (nSPS) is 11.4. The van der Waals surface area contributed by atoms with Gasteiger partial charge in [0.25, 0.3) is 10.0 Å². The van der Waals surface area contributed by atoms with E-state index in [9.17, 15) is 18.3 Å². The maximum absolute atomic E-state index is 12.9. The van der Waals surface area contributed by atoms with Crippen molar-refractivity contribution < 1.29 is 18.3 Å². The van der Waals surface area contributed by atoms with Gasteiger partial charge in [-0.25, -0.2) is 18.2 Å². The Hall–Kier alpha value is -3.40. The third-order valence-corrected chi connectivity index (χ3v) is 6.69. The van der Waals surface area contributed by atoms with E-state index in [4.69, 9.17) is 0 Å². The monoisotopic (exact) mass is 471 g/mol. The molecule has 0 fully saturated rings. The van der Waals surface area contributed by atoms with Crippen LogP contribution in [0, 0.1) is 20.8 Å². The molecule has 1 aromatic carbocycles. The molecule has 2 heterocycles. The molecule has 176 valence electrons. The third kappa shape index (κ3) is 5.51. The van der Waals surface area contributed by atoms with E-state index in [1.54, 1.807) is 37.9 Å². The summed E-state index contributed by atoms with van der Waals surface area (Å²) < 4.78 is 30.2. The fourth-order valence-electron chi connectivity index (χ4n) is 3.63. The minimum absolute atomic E-state index is 0.0809. The van der Waals surface area contributed by atoms with Gasteiger partial charge in [-0.15, -0.1) is 0 Å². The first-order chi connectivity index (χ1) is 15.5. The molecule has 0 spiro atoms. The molecule has 0 unspecified atom stereocenters. The van der Waals surface area contributed by atoms with Gasteiger partial charge in [-0.2, -0.15) is 5.10 Å². The quantitative estimate of drug-likeness (QED) is 0.488. The average molecular weight is 472 g/mol. The summed E-state index contributed by atoms with van der Waals surface area (Å²) in [6.45, 7) is 8.65. The third-order valence-electron chi connectivity index (χ3n) is 5.16. The van der Waals surface area contributed by atoms with E-state index in [0.717, 1.165) is 29.9 Å². The van der Waals surface area contributed by atoms with Gasteiger partial charge in [-0.1, -0.05) is 19.1 Å². The molecule has 0 aliphatic rings. The molecule has 2 aromatic heterocycles. The number of nitrogens with one attached hydrogen (secondary N) is 1. The molecule has 10 heteroatoms. The van der Waals surface area contributed by atoms with Gasteiger partial charge in [0, 0.05) is 13.6 Å². The lowest BCUT2D eigenvalue weighted by molar-refractivity contribution is 0.0697. The number of benzene rings is 1. The van der Waals surface area contributed by atoms with Gasteiger partial charge in [-0.3, -0.25) is 9.40 Å². The number of hydrogen-bond acceptors (Lipinski definition) is 6. The molecule has 0 atom stereocenters. The van der Waals surface area contributed by atoms with Crippen LogP contribution in [0.15, 0.2) is 41.4 Å². The number of hydrogen-bond donors (Lipinski definition) is 2. The summed E-state index contributed by atoms with van der Waals surface area (Å²) in [4.78, 5) is 18.1. The van der Waals surface area contributed by atoms with Crippen LogP contribution >= 0.6 is 0 Å². The Labute approximate surface area is 194 Å². The Morgan fingerprint density at radius 1 is 1.18 bits per heavy atom. The highest BCUT2D eigenvalue weighted by Gasteiger charge is 2.21. The summed E-state index contributed by atoms with van der Waals surface area (Å²) in [6, 6.07) is 8.38. The predicted octanol–water partition coefficient (Wildman–Crippen LogP) is 3.75. The number of carboxylic acid groups (broad SMARTS) is 1. The van der Waals surface area contributed by atoms with Crippen LogP contribution in [0.3, 0.4) is 0 Å². The van der Waals surface area contributed by atoms with Crippen molar-refractivity contribution in [3.63, 3.8) is 0 Å². The summed E-state index contributed by atoms with van der Waals surface area (Å²) in [5.41, 5.74) is 3.20. The Morgan fingerprint density at radius 2 is 1.91 bits per heavy atom. The van der Waals surface area contributed by atoms with E-state index in [1.165, 1.54) is 12.3 Å². The van der Waals surface area contributed by atoms with Gasteiger partial charge in [0.2, 0.25) is 0 Å². The first-order valence-electron chi connectivity index (χ1n) is 10.6. The van der Waals surface area contributed by atoms with Crippen molar-refractivity contribution >= 4 is 27.5 Å². The van der Waals surface area contributed by atoms with Gasteiger partial charge < -0.3 is 10.0 Å². The van der Waals surface area contributed by atoms with E-state index in [2.05, 4.69) is 21.7 Å². The number of pyridine rings is 1. The number of nitrogens with zero attached hydrogens (tertiary/aromatic N) is 4. The number of anilines is 2. The van der Waals surface area contributed by atoms with Crippen molar-refractivity contribution in [3.8, 4) is 0 Å². The number of rotatable bonds is 9. The van der Waals surface area contributed by atoms with Crippen LogP contribution in [0.2, 0.25) is 0 Å². The molecule has 2 N–H and O–H groups in total. The molecule has 33 heavy (non-hydrogen) atoms. The zero-order chi connectivity index (χ0) is 24.3. The molecule has 0 saturated carbocycles. The second-order valence-electron chi connectivity index (χ2n) is 8.13. The van der Waals surface area contributed by atoms with Gasteiger partial charge >= 0.3 is 5.97 Å². The van der Waals surface area contributed by atoms with Gasteiger partial charge in [-0.05, 0) is 56.5 Å². The van der Waals surface area contributed by atoms with Crippen molar-refractivity contribution in [2.24, 2.45) is 0 Å². The molecular weight excluding hydrogens is 442 g/mol. The smallest absolute Gasteiger partial charge is 0.339 e. The van der Waals surface area contributed by atoms with Gasteiger partial charge in [0.05, 0.1) is 34.7 Å². The van der Waals surface area contributed by atoms with Crippen molar-refractivity contribution in [1.82, 2.24) is 14.8 Å². The maximum Gasteiger partial charge on any atom is 0.339 e. The Kier molecular flexibility index (Phi) is 7.06. The van der Waals surface area contributed by atoms with E-state index in [-0.39, 0.29) is 22.0 Å². The minimum Gasteiger partial charge on any atom is -0.478 e. The molecular formula is C23H29N5O4S. The number of sulfonamides is 1. The fraction of sp³-hybridized carbons (Fsp3) is 0.348. The molecule has 3 rings (SSSR count). The van der Waals surface area contributed by atoms with E-state index < -0.39 is 16.0 Å². The summed E-state index contributed by atoms with van der Waals surface area (Å²) in [5.74, 6) is -0.963. The van der Waals surface area contributed by atoms with E-state index >= 15 is 0 Å². The van der Waals surface area contributed by atoms with Crippen LogP contribution in [0.5, 0.6) is 0 Å². The van der Waals surface area contributed by atoms with E-state index in [0.29, 0.717) is 12.1 Å². The number of aromatic nitrogens is 3. The van der Waals surface area contributed by atoms with Crippen LogP contribution in [-0.4, -0.2) is 41.3 Å². The number of carbonyl (C=O) groups is 1. The topological polar surface area (TPSA) is 117 Å². The molecule has 0 radical (unpaired) electrons. The Balaban J connectivity index is 1.91. The van der Waals surface area contributed by atoms with Crippen molar-refractivity contribution in [2.75, 3.05) is 16.7 Å². The minimum atomic E-state index is -3.91. The SMILES string of the molecule is CCCn1nc(C)cc1CN(C)c1ncc(NS(=O)(=O)c2cc(C)ccc2C)cc1C(=O)O. The molecule has 0 aliphatic carbocycles. The largest absolute Gasteiger partial charge is 0.478 e. The highest BCUT2D eigenvalue weighted by atomic mass is 32.2. The Bertz CT molecular complexity index is 1280. The summed E-state index contributed by atoms with van der Waals surface area (Å²) in [7, 11) is -2.16. The number of aromatic carboxylic acids is 1. The predicted molar refractivity (Wildman–Crippen MR) is 127 cm³/mol.